The summed E-state index contributed by atoms with van der Waals surface area (Å²) in [4.78, 5) is 150. The van der Waals surface area contributed by atoms with Crippen LogP contribution in [0.15, 0.2) is 121 Å². The molecule has 4 aromatic carbocycles. The van der Waals surface area contributed by atoms with Gasteiger partial charge in [0.15, 0.2) is 80.6 Å². The largest absolute Gasteiger partial charge is 0.457 e. The number of nitrogens with zero attached hydrogens (tertiary/aromatic N) is 2. The van der Waals surface area contributed by atoms with E-state index < -0.39 is 235 Å². The Balaban J connectivity index is 1.11. The van der Waals surface area contributed by atoms with Gasteiger partial charge in [-0.1, -0.05) is 193 Å². The Bertz CT molecular complexity index is 4480. The van der Waals surface area contributed by atoms with Crippen LogP contribution in [0.4, 0.5) is 0 Å². The molecule has 6 aliphatic heterocycles. The number of benzene rings is 4. The van der Waals surface area contributed by atoms with Crippen molar-refractivity contribution in [3.63, 3.8) is 0 Å². The molecule has 0 unspecified atom stereocenters. The summed E-state index contributed by atoms with van der Waals surface area (Å²) in [5.74, 6) is -8.47. The second-order valence-corrected chi connectivity index (χ2v) is 53.6. The average Bonchev–Trinajstić information content (AvgIpc) is 1.51. The molecule has 33 heteroatoms. The maximum Gasteiger partial charge on any atom is 0.338 e. The molecule has 0 aliphatic carbocycles. The quantitative estimate of drug-likeness (QED) is 0.0104. The number of amides is 5. The number of ether oxygens (including phenoxy) is 13. The van der Waals surface area contributed by atoms with Crippen molar-refractivity contribution < 1.29 is 128 Å². The van der Waals surface area contributed by atoms with E-state index in [1.54, 1.807) is 79.7 Å². The van der Waals surface area contributed by atoms with Crippen molar-refractivity contribution in [1.82, 2.24) is 15.1 Å². The number of aliphatic hydroxyl groups is 1. The summed E-state index contributed by atoms with van der Waals surface area (Å²) in [6.07, 6.45) is -11.3. The lowest BCUT2D eigenvalue weighted by Gasteiger charge is -2.53. The van der Waals surface area contributed by atoms with E-state index in [-0.39, 0.29) is 46.4 Å². The maximum atomic E-state index is 15.9. The summed E-state index contributed by atoms with van der Waals surface area (Å²) in [7, 11) is -7.79. The highest BCUT2D eigenvalue weighted by Crippen LogP contribution is 2.47. The first-order valence-corrected chi connectivity index (χ1v) is 54.7. The fourth-order valence-electron chi connectivity index (χ4n) is 16.2. The summed E-state index contributed by atoms with van der Waals surface area (Å²) in [5, 5.41) is 15.6. The van der Waals surface area contributed by atoms with Crippen LogP contribution in [0.1, 0.15) is 249 Å². The van der Waals surface area contributed by atoms with Gasteiger partial charge in [-0.15, -0.1) is 0 Å². The number of esters is 5. The van der Waals surface area contributed by atoms with Gasteiger partial charge >= 0.3 is 29.8 Å². The molecular weight excluding hydrogens is 1720 g/mol. The van der Waals surface area contributed by atoms with Crippen LogP contribution in [-0.2, 0) is 94.0 Å². The van der Waals surface area contributed by atoms with Gasteiger partial charge in [-0.3, -0.25) is 48.2 Å². The molecule has 0 aromatic heterocycles. The van der Waals surface area contributed by atoms with Crippen LogP contribution in [0.5, 0.6) is 0 Å². The topological polar surface area (TPSA) is 357 Å². The van der Waals surface area contributed by atoms with Crippen molar-refractivity contribution in [3.05, 3.63) is 155 Å². The summed E-state index contributed by atoms with van der Waals surface area (Å²) in [6.45, 7) is 35.2. The number of nitrogens with one attached hydrogen (secondary N) is 1. The third-order valence-corrected chi connectivity index (χ3v) is 40.0. The molecular formula is C97H139N3O27Si3. The monoisotopic (exact) mass is 1860 g/mol. The smallest absolute Gasteiger partial charge is 0.338 e. The molecule has 6 aliphatic rings. The number of rotatable bonds is 41. The van der Waals surface area contributed by atoms with Crippen molar-refractivity contribution >= 4 is 84.3 Å². The molecule has 0 bridgehead atoms. The molecule has 0 radical (unpaired) electrons. The van der Waals surface area contributed by atoms with Gasteiger partial charge in [-0.05, 0) is 142 Å². The lowest BCUT2D eigenvalue weighted by Crippen LogP contribution is -2.73. The van der Waals surface area contributed by atoms with Gasteiger partial charge in [0.25, 0.3) is 23.6 Å². The van der Waals surface area contributed by atoms with Crippen molar-refractivity contribution in [2.24, 2.45) is 0 Å². The zero-order valence-electron chi connectivity index (χ0n) is 79.6. The minimum atomic E-state index is -3.24. The number of carbonyl (C=O) groups excluding carboxylic acids is 10. The number of carbonyl (C=O) groups is 10. The molecule has 4 saturated heterocycles. The normalized spacial score (nSPS) is 27.5. The first-order chi connectivity index (χ1) is 61.3. The minimum Gasteiger partial charge on any atom is -0.457 e. The van der Waals surface area contributed by atoms with Crippen molar-refractivity contribution in [2.75, 3.05) is 26.9 Å². The second kappa shape index (κ2) is 45.3. The Kier molecular flexibility index (Phi) is 36.2. The predicted octanol–water partition coefficient (Wildman–Crippen LogP) is 15.2. The number of aliphatic hydroxyl groups excluding tert-OH is 1. The van der Waals surface area contributed by atoms with Crippen LogP contribution in [-0.4, -0.2) is 249 Å². The van der Waals surface area contributed by atoms with Gasteiger partial charge < -0.3 is 85.3 Å². The Morgan fingerprint density at radius 1 is 0.431 bits per heavy atom. The summed E-state index contributed by atoms with van der Waals surface area (Å²) in [6, 6.07) is 22.7. The predicted molar refractivity (Wildman–Crippen MR) is 488 cm³/mol. The third kappa shape index (κ3) is 25.5. The van der Waals surface area contributed by atoms with Crippen LogP contribution in [0, 0.1) is 0 Å². The minimum absolute atomic E-state index is 0.0164. The molecule has 5 amide bonds. The number of hydrogen-bond acceptors (Lipinski definition) is 27. The molecule has 6 heterocycles. The molecule has 20 atom stereocenters. The summed E-state index contributed by atoms with van der Waals surface area (Å²) < 4.78 is 109. The SMILES string of the molecule is CCCCCC/C=C\CCCCCCCCCC(=O)N[C@H]1[C@H](O[C@H]2[C@H](OC(C)=O)[C@@H](N3C(=O)c4ccccc4C3=O)[C@H](O[C@H]3[C@H](O)[C@@H](N4C(=O)c5ccccc5C4=O)[C@H](O[Si](C)(C)C(C)(C)C)O[C@@H]3CO[C@@H]3O[C@@H](C)[C@@H](OC(=O)c4ccccc4)[C@@H](OC(=O)c4ccccc4)[C@@H]3OC)O[C@@H]2CO[Si](C)(C)C(C)(C)C)O[C@H](CO[Si](C)(C)C(C)(C)C)[C@@H](OC(C)=O)[C@@H]1OC(C)=O. The van der Waals surface area contributed by atoms with E-state index in [0.29, 0.717) is 12.8 Å². The lowest BCUT2D eigenvalue weighted by atomic mass is 9.92. The van der Waals surface area contributed by atoms with Crippen LogP contribution in [0.2, 0.25) is 54.4 Å². The van der Waals surface area contributed by atoms with E-state index >= 15 is 24.0 Å². The van der Waals surface area contributed by atoms with Crippen LogP contribution >= 0.6 is 0 Å². The van der Waals surface area contributed by atoms with Crippen LogP contribution in [0.25, 0.3) is 0 Å². The molecule has 130 heavy (non-hydrogen) atoms. The Labute approximate surface area is 768 Å². The van der Waals surface area contributed by atoms with Crippen molar-refractivity contribution in [1.29, 1.82) is 0 Å². The fraction of sp³-hybridized carbons (Fsp3) is 0.629. The average molecular weight is 1860 g/mol. The molecule has 30 nitrogen and oxygen atoms in total. The van der Waals surface area contributed by atoms with Crippen LogP contribution in [0.3, 0.4) is 0 Å². The lowest BCUT2D eigenvalue weighted by molar-refractivity contribution is -0.361. The standard InChI is InChI=1S/C97H139N3O27Si3/c1-22-23-24-25-26-27-28-29-30-31-32-33-34-35-42-55-72(104)98-73-81(118-61(4)102)79(117-60(3)101)70(57-114-128(16,17)95(6,7)8)120-91(73)126-80-71(58-115-129(18,19)96(9,10)11)121-92(75(82(80)119-62(5)103)100-87(108)67-53-45-46-54-68(67)88(100)109)125-78-69(122-93(127-130(20,21)97(12,13)14)74(76(78)105)99-85(106)65-51-43-44-52-66(65)86(99)107)56-113-94-84(112-15)83(124-90(111)64-49-40-37-41-50-64)77(59(2)116-94)123-89(110)63-47-38-36-39-48-63/h27-28,36-41,43-54,59,69-71,73-84,91-94,105H,22-26,29-35,42,55-58H2,1-21H3,(H,98,104)/b28-27-/t59-,69+,70+,71+,73+,74+,75+,76+,77+,78+,79+,80+,81+,82+,83+,84-,91-,92-,93-,94+/m0/s1. The Morgan fingerprint density at radius 2 is 0.831 bits per heavy atom. The molecule has 4 fully saturated rings. The van der Waals surface area contributed by atoms with E-state index in [1.807, 2.05) is 102 Å². The molecule has 716 valence electrons. The number of methoxy groups -OCH3 is 1. The van der Waals surface area contributed by atoms with E-state index in [2.05, 4.69) is 24.4 Å². The van der Waals surface area contributed by atoms with Crippen molar-refractivity contribution in [2.45, 2.75) is 364 Å². The van der Waals surface area contributed by atoms with Gasteiger partial charge in [-0.2, -0.15) is 0 Å². The number of fused-ring (bicyclic) bond motifs is 2. The number of unbranched alkanes of at least 4 members (excludes halogenated alkanes) is 11. The first kappa shape index (κ1) is 104. The molecule has 10 rings (SSSR count). The fourth-order valence-corrected chi connectivity index (χ4v) is 19.3. The molecule has 2 N–H and O–H groups in total. The summed E-state index contributed by atoms with van der Waals surface area (Å²) in [5.41, 5.74) is 0.0568. The van der Waals surface area contributed by atoms with Crippen LogP contribution < -0.4 is 5.32 Å². The zero-order chi connectivity index (χ0) is 95.1. The van der Waals surface area contributed by atoms with E-state index in [1.165, 1.54) is 76.1 Å². The maximum absolute atomic E-state index is 15.9. The van der Waals surface area contributed by atoms with Crippen molar-refractivity contribution in [3.8, 4) is 0 Å². The van der Waals surface area contributed by atoms with E-state index in [9.17, 15) is 29.1 Å². The van der Waals surface area contributed by atoms with E-state index in [4.69, 9.17) is 74.9 Å². The molecule has 0 spiro atoms. The number of hydrogen-bond donors (Lipinski definition) is 2. The van der Waals surface area contributed by atoms with E-state index in [0.717, 1.165) is 68.6 Å². The highest BCUT2D eigenvalue weighted by molar-refractivity contribution is 6.75. The molecule has 0 saturated carbocycles. The Hall–Kier alpha value is -8.11. The second-order valence-electron chi connectivity index (χ2n) is 39.2. The third-order valence-electron chi connectivity index (χ3n) is 26.6. The summed E-state index contributed by atoms with van der Waals surface area (Å²) >= 11 is 0. The zero-order valence-corrected chi connectivity index (χ0v) is 82.6. The number of imide groups is 2. The Morgan fingerprint density at radius 3 is 1.30 bits per heavy atom. The van der Waals surface area contributed by atoms with Gasteiger partial charge in [0.05, 0.1) is 59.3 Å². The van der Waals surface area contributed by atoms with Gasteiger partial charge in [0, 0.05) is 34.3 Å². The first-order valence-electron chi connectivity index (χ1n) is 45.9. The highest BCUT2D eigenvalue weighted by Gasteiger charge is 2.64. The van der Waals surface area contributed by atoms with Gasteiger partial charge in [0.1, 0.15) is 60.9 Å². The van der Waals surface area contributed by atoms with Gasteiger partial charge in [-0.25, -0.2) is 9.59 Å². The van der Waals surface area contributed by atoms with Gasteiger partial charge in [0.2, 0.25) is 5.91 Å². The number of allylic oxidation sites excluding steroid dienone is 2. The highest BCUT2D eigenvalue weighted by atomic mass is 28.4. The molecule has 4 aromatic rings.